The van der Waals surface area contributed by atoms with Gasteiger partial charge in [-0.1, -0.05) is 0 Å². The molecule has 4 heterocycles. The molecule has 9 nitrogen and oxygen atoms in total. The van der Waals surface area contributed by atoms with Gasteiger partial charge in [0.2, 0.25) is 0 Å². The van der Waals surface area contributed by atoms with Gasteiger partial charge in [0, 0.05) is 30.4 Å². The van der Waals surface area contributed by atoms with Gasteiger partial charge < -0.3 is 28.6 Å². The topological polar surface area (TPSA) is 82.0 Å². The van der Waals surface area contributed by atoms with E-state index in [0.29, 0.717) is 55.4 Å². The van der Waals surface area contributed by atoms with Gasteiger partial charge in [0.25, 0.3) is 0 Å². The van der Waals surface area contributed by atoms with Crippen LogP contribution in [0.1, 0.15) is 47.5 Å². The van der Waals surface area contributed by atoms with E-state index >= 15 is 4.39 Å². The molecular formula is C29H37BrFN5O4. The van der Waals surface area contributed by atoms with Gasteiger partial charge >= 0.3 is 6.09 Å². The first-order valence-corrected chi connectivity index (χ1v) is 14.5. The number of pyridine rings is 1. The molecule has 2 fully saturated rings. The zero-order valence-corrected chi connectivity index (χ0v) is 25.5. The van der Waals surface area contributed by atoms with Crippen molar-refractivity contribution in [1.82, 2.24) is 19.4 Å². The third-order valence-corrected chi connectivity index (χ3v) is 8.07. The van der Waals surface area contributed by atoms with E-state index in [1.807, 2.05) is 37.5 Å². The van der Waals surface area contributed by atoms with E-state index in [9.17, 15) is 4.79 Å². The van der Waals surface area contributed by atoms with E-state index < -0.39 is 11.4 Å². The predicted molar refractivity (Wildman–Crippen MR) is 155 cm³/mol. The van der Waals surface area contributed by atoms with Crippen LogP contribution in [0, 0.1) is 5.82 Å². The molecule has 0 unspecified atom stereocenters. The molecule has 0 spiro atoms. The smallest absolute Gasteiger partial charge is 0.410 e. The zero-order valence-electron chi connectivity index (χ0n) is 23.9. The van der Waals surface area contributed by atoms with E-state index in [-0.39, 0.29) is 22.2 Å². The molecular weight excluding hydrogens is 581 g/mol. The van der Waals surface area contributed by atoms with E-state index in [1.165, 1.54) is 0 Å². The Balaban J connectivity index is 1.52. The van der Waals surface area contributed by atoms with Gasteiger partial charge in [0.1, 0.15) is 34.0 Å². The predicted octanol–water partition coefficient (Wildman–Crippen LogP) is 6.02. The van der Waals surface area contributed by atoms with Crippen LogP contribution in [0.3, 0.4) is 0 Å². The lowest BCUT2D eigenvalue weighted by Gasteiger charge is -2.34. The molecule has 3 atom stereocenters. The van der Waals surface area contributed by atoms with Gasteiger partial charge in [0.15, 0.2) is 5.82 Å². The fraction of sp³-hybridized carbons (Fsp3) is 0.552. The second-order valence-electron chi connectivity index (χ2n) is 11.6. The van der Waals surface area contributed by atoms with Crippen LogP contribution < -0.4 is 9.64 Å². The maximum absolute atomic E-state index is 15.4. The molecule has 1 aromatic carbocycles. The second-order valence-corrected chi connectivity index (χ2v) is 12.5. The third kappa shape index (κ3) is 5.63. The number of benzene rings is 1. The van der Waals surface area contributed by atoms with Crippen LogP contribution in [0.4, 0.5) is 15.0 Å². The van der Waals surface area contributed by atoms with Crippen molar-refractivity contribution in [3.8, 4) is 17.1 Å². The lowest BCUT2D eigenvalue weighted by Crippen LogP contribution is -2.48. The number of morpholine rings is 1. The van der Waals surface area contributed by atoms with Gasteiger partial charge in [0.05, 0.1) is 37.4 Å². The maximum Gasteiger partial charge on any atom is 0.410 e. The highest BCUT2D eigenvalue weighted by atomic mass is 79.9. The molecule has 3 aromatic rings. The normalized spacial score (nSPS) is 21.8. The highest BCUT2D eigenvalue weighted by Crippen LogP contribution is 2.37. The van der Waals surface area contributed by atoms with Crippen LogP contribution >= 0.6 is 15.9 Å². The fourth-order valence-corrected chi connectivity index (χ4v) is 6.01. The Hall–Kier alpha value is -2.92. The summed E-state index contributed by atoms with van der Waals surface area (Å²) in [5, 5.41) is 0. The van der Waals surface area contributed by atoms with Crippen molar-refractivity contribution < 1.29 is 23.4 Å². The lowest BCUT2D eigenvalue weighted by atomic mass is 10.2. The van der Waals surface area contributed by atoms with Crippen LogP contribution in [0.25, 0.3) is 22.4 Å². The molecule has 0 radical (unpaired) electrons. The Morgan fingerprint density at radius 3 is 2.58 bits per heavy atom. The number of halogens is 2. The molecule has 2 aliphatic rings. The Kier molecular flexibility index (Phi) is 7.98. The number of aromatic nitrogens is 3. The summed E-state index contributed by atoms with van der Waals surface area (Å²) in [7, 11) is 1.55. The summed E-state index contributed by atoms with van der Waals surface area (Å²) in [6.45, 7) is 11.4. The van der Waals surface area contributed by atoms with Crippen molar-refractivity contribution in [3.05, 3.63) is 34.7 Å². The van der Waals surface area contributed by atoms with Crippen LogP contribution in [-0.2, 0) is 16.0 Å². The summed E-state index contributed by atoms with van der Waals surface area (Å²) in [5.74, 6) is 1.47. The number of fused-ring (bicyclic) bond motifs is 1. The van der Waals surface area contributed by atoms with E-state index in [1.54, 1.807) is 24.3 Å². The summed E-state index contributed by atoms with van der Waals surface area (Å²) in [4.78, 5) is 26.3. The Labute approximate surface area is 242 Å². The molecule has 2 aliphatic heterocycles. The molecule has 0 aliphatic carbocycles. The van der Waals surface area contributed by atoms with Gasteiger partial charge in [-0.3, -0.25) is 0 Å². The third-order valence-electron chi connectivity index (χ3n) is 7.50. The molecule has 40 heavy (non-hydrogen) atoms. The maximum atomic E-state index is 15.4. The van der Waals surface area contributed by atoms with Gasteiger partial charge in [-0.05, 0) is 81.6 Å². The molecule has 2 aromatic heterocycles. The first kappa shape index (κ1) is 28.6. The number of ether oxygens (including phenoxy) is 3. The minimum Gasteiger partial charge on any atom is -0.494 e. The average Bonchev–Trinajstić information content (AvgIpc) is 3.45. The number of rotatable bonds is 5. The second kappa shape index (κ2) is 11.2. The van der Waals surface area contributed by atoms with Crippen molar-refractivity contribution in [3.63, 3.8) is 0 Å². The number of nitrogens with zero attached hydrogens (tertiary/aromatic N) is 5. The summed E-state index contributed by atoms with van der Waals surface area (Å²) >= 11 is 3.30. The largest absolute Gasteiger partial charge is 0.494 e. The monoisotopic (exact) mass is 617 g/mol. The molecule has 0 N–H and O–H groups in total. The number of imidazole rings is 1. The minimum absolute atomic E-state index is 0.187. The number of carbonyl (C=O) groups excluding carboxylic acids is 1. The molecule has 1 amide bonds. The van der Waals surface area contributed by atoms with E-state index in [4.69, 9.17) is 24.2 Å². The highest BCUT2D eigenvalue weighted by molar-refractivity contribution is 9.10. The minimum atomic E-state index is -0.597. The summed E-state index contributed by atoms with van der Waals surface area (Å²) in [6, 6.07) is 6.43. The number of carbonyl (C=O) groups is 1. The summed E-state index contributed by atoms with van der Waals surface area (Å²) in [5.41, 5.74) is 0.853. The number of hydrogen-bond acceptors (Lipinski definition) is 7. The molecule has 0 saturated carbocycles. The molecule has 0 bridgehead atoms. The number of hydrogen-bond donors (Lipinski definition) is 0. The lowest BCUT2D eigenvalue weighted by molar-refractivity contribution is -0.0468. The standard InChI is InChI=1S/C29H37BrFN5O4/c1-17-7-8-18(2)36(17)23-10-9-19(14-32-23)27-33-25-24(31)21(30)13-22(38-6)26(25)35(27)16-20-15-34(11-12-39-20)28(37)40-29(3,4)5/h9-10,13-14,17-18,20H,7-8,11-12,15-16H2,1-6H3/t17-,18-,20-/m0/s1. The average molecular weight is 619 g/mol. The zero-order chi connectivity index (χ0) is 28.8. The van der Waals surface area contributed by atoms with Crippen LogP contribution in [0.15, 0.2) is 28.9 Å². The van der Waals surface area contributed by atoms with Crippen molar-refractivity contribution in [1.29, 1.82) is 0 Å². The molecule has 216 valence electrons. The van der Waals surface area contributed by atoms with Crippen molar-refractivity contribution in [2.75, 3.05) is 31.7 Å². The Morgan fingerprint density at radius 2 is 1.95 bits per heavy atom. The fourth-order valence-electron chi connectivity index (χ4n) is 5.61. The number of anilines is 1. The van der Waals surface area contributed by atoms with Crippen LogP contribution in [0.2, 0.25) is 0 Å². The van der Waals surface area contributed by atoms with E-state index in [2.05, 4.69) is 34.7 Å². The Morgan fingerprint density at radius 1 is 1.23 bits per heavy atom. The highest BCUT2D eigenvalue weighted by Gasteiger charge is 2.31. The van der Waals surface area contributed by atoms with Crippen LogP contribution in [-0.4, -0.2) is 76.1 Å². The van der Waals surface area contributed by atoms with Crippen molar-refractivity contribution in [2.45, 2.75) is 77.8 Å². The quantitative estimate of drug-likeness (QED) is 0.346. The van der Waals surface area contributed by atoms with Crippen molar-refractivity contribution in [2.24, 2.45) is 0 Å². The van der Waals surface area contributed by atoms with Gasteiger partial charge in [-0.2, -0.15) is 0 Å². The van der Waals surface area contributed by atoms with E-state index in [0.717, 1.165) is 24.2 Å². The first-order chi connectivity index (χ1) is 19.0. The van der Waals surface area contributed by atoms with Gasteiger partial charge in [-0.25, -0.2) is 19.2 Å². The molecule has 11 heteroatoms. The SMILES string of the molecule is COc1cc(Br)c(F)c2nc(-c3ccc(N4[C@@H](C)CC[C@@H]4C)nc3)n(C[C@@H]3CN(C(=O)OC(C)(C)C)CCO3)c12. The summed E-state index contributed by atoms with van der Waals surface area (Å²) in [6.07, 6.45) is 3.31. The molecule has 5 rings (SSSR count). The molecule has 2 saturated heterocycles. The first-order valence-electron chi connectivity index (χ1n) is 13.7. The number of amides is 1. The van der Waals surface area contributed by atoms with Crippen LogP contribution in [0.5, 0.6) is 5.75 Å². The van der Waals surface area contributed by atoms with Gasteiger partial charge in [-0.15, -0.1) is 0 Å². The summed E-state index contributed by atoms with van der Waals surface area (Å²) < 4.78 is 34.9. The number of methoxy groups -OCH3 is 1. The Bertz CT molecular complexity index is 1380. The van der Waals surface area contributed by atoms with Crippen molar-refractivity contribution >= 4 is 38.9 Å².